The number of rotatable bonds is 1. The molecule has 0 saturated carbocycles. The molecule has 0 unspecified atom stereocenters. The number of para-hydroxylation sites is 1. The van der Waals surface area contributed by atoms with Gasteiger partial charge < -0.3 is 4.90 Å². The number of amides is 1. The van der Waals surface area contributed by atoms with Gasteiger partial charge in [-0.2, -0.15) is 0 Å². The molecule has 0 aromatic heterocycles. The van der Waals surface area contributed by atoms with Crippen LogP contribution in [0.4, 0.5) is 5.69 Å². The molecule has 19 heavy (non-hydrogen) atoms. The van der Waals surface area contributed by atoms with Gasteiger partial charge in [0.1, 0.15) is 0 Å². The summed E-state index contributed by atoms with van der Waals surface area (Å²) in [6.45, 7) is 0. The van der Waals surface area contributed by atoms with Crippen LogP contribution < -0.4 is 4.90 Å². The van der Waals surface area contributed by atoms with Crippen LogP contribution >= 0.6 is 0 Å². The molecule has 0 saturated heterocycles. The zero-order valence-electron chi connectivity index (χ0n) is 11.0. The third kappa shape index (κ3) is 2.14. The predicted molar refractivity (Wildman–Crippen MR) is 77.4 cm³/mol. The Kier molecular flexibility index (Phi) is 3.08. The van der Waals surface area contributed by atoms with Gasteiger partial charge in [-0.25, -0.2) is 0 Å². The summed E-state index contributed by atoms with van der Waals surface area (Å²) in [6, 6.07) is 18.3. The second kappa shape index (κ2) is 4.88. The molecule has 0 bridgehead atoms. The van der Waals surface area contributed by atoms with E-state index in [4.69, 9.17) is 0 Å². The number of carbonyl (C=O) groups excluding carboxylic acids is 1. The average Bonchev–Trinajstić information content (AvgIpc) is 2.59. The minimum absolute atomic E-state index is 0.0291. The molecule has 2 aromatic carbocycles. The van der Waals surface area contributed by atoms with Gasteiger partial charge in [0.2, 0.25) is 5.91 Å². The Labute approximate surface area is 113 Å². The van der Waals surface area contributed by atoms with Crippen LogP contribution in [0.2, 0.25) is 0 Å². The highest BCUT2D eigenvalue weighted by atomic mass is 16.2. The highest BCUT2D eigenvalue weighted by molar-refractivity contribution is 5.99. The van der Waals surface area contributed by atoms with E-state index in [1.807, 2.05) is 55.6 Å². The van der Waals surface area contributed by atoms with E-state index in [-0.39, 0.29) is 11.8 Å². The van der Waals surface area contributed by atoms with E-state index in [0.717, 1.165) is 24.1 Å². The Morgan fingerprint density at radius 1 is 1.00 bits per heavy atom. The van der Waals surface area contributed by atoms with E-state index < -0.39 is 0 Å². The minimum Gasteiger partial charge on any atom is -0.315 e. The smallest absolute Gasteiger partial charge is 0.234 e. The first-order chi connectivity index (χ1) is 9.27. The number of likely N-dealkylation sites (N-methyl/N-ethyl adjacent to an activating group) is 1. The molecular weight excluding hydrogens is 234 g/mol. The SMILES string of the molecule is CN1C(=O)[C@@H](c2ccccc2)CCc2ccccc21. The summed E-state index contributed by atoms with van der Waals surface area (Å²) in [5, 5.41) is 0. The van der Waals surface area contributed by atoms with Gasteiger partial charge in [0.15, 0.2) is 0 Å². The van der Waals surface area contributed by atoms with Gasteiger partial charge in [0, 0.05) is 12.7 Å². The Morgan fingerprint density at radius 3 is 2.47 bits per heavy atom. The van der Waals surface area contributed by atoms with Gasteiger partial charge in [0.25, 0.3) is 0 Å². The van der Waals surface area contributed by atoms with Gasteiger partial charge in [-0.15, -0.1) is 0 Å². The number of fused-ring (bicyclic) bond motifs is 1. The largest absolute Gasteiger partial charge is 0.315 e. The molecular formula is C17H17NO. The summed E-state index contributed by atoms with van der Waals surface area (Å²) in [7, 11) is 1.88. The first-order valence-electron chi connectivity index (χ1n) is 6.68. The second-order valence-corrected chi connectivity index (χ2v) is 5.03. The highest BCUT2D eigenvalue weighted by Gasteiger charge is 2.28. The molecule has 1 amide bonds. The van der Waals surface area contributed by atoms with Gasteiger partial charge >= 0.3 is 0 Å². The molecule has 2 nitrogen and oxygen atoms in total. The molecule has 1 atom stereocenters. The number of aryl methyl sites for hydroxylation is 1. The molecule has 1 aliphatic heterocycles. The zero-order valence-corrected chi connectivity index (χ0v) is 11.0. The number of benzene rings is 2. The lowest BCUT2D eigenvalue weighted by Gasteiger charge is -2.21. The molecule has 96 valence electrons. The van der Waals surface area contributed by atoms with Crippen molar-refractivity contribution in [2.24, 2.45) is 0 Å². The number of carbonyl (C=O) groups is 1. The standard InChI is InChI=1S/C17H17NO/c1-18-16-10-6-5-9-14(16)11-12-15(17(18)19)13-7-3-2-4-8-13/h2-10,15H,11-12H2,1H3/t15-/m1/s1. The number of hydrogen-bond acceptors (Lipinski definition) is 1. The molecule has 3 rings (SSSR count). The summed E-state index contributed by atoms with van der Waals surface area (Å²) in [5.41, 5.74) is 3.43. The van der Waals surface area contributed by atoms with Gasteiger partial charge in [-0.3, -0.25) is 4.79 Å². The van der Waals surface area contributed by atoms with Crippen LogP contribution in [0.15, 0.2) is 54.6 Å². The van der Waals surface area contributed by atoms with E-state index in [9.17, 15) is 4.79 Å². The van der Waals surface area contributed by atoms with E-state index in [1.165, 1.54) is 5.56 Å². The normalized spacial score (nSPS) is 18.9. The summed E-state index contributed by atoms with van der Waals surface area (Å²) < 4.78 is 0. The number of anilines is 1. The molecule has 0 fully saturated rings. The predicted octanol–water partition coefficient (Wildman–Crippen LogP) is 3.38. The fourth-order valence-electron chi connectivity index (χ4n) is 2.82. The fourth-order valence-corrected chi connectivity index (χ4v) is 2.82. The van der Waals surface area contributed by atoms with Crippen molar-refractivity contribution in [3.05, 3.63) is 65.7 Å². The van der Waals surface area contributed by atoms with Crippen LogP contribution in [-0.2, 0) is 11.2 Å². The average molecular weight is 251 g/mol. The van der Waals surface area contributed by atoms with E-state index in [1.54, 1.807) is 4.90 Å². The van der Waals surface area contributed by atoms with Gasteiger partial charge in [-0.1, -0.05) is 48.5 Å². The van der Waals surface area contributed by atoms with Crippen molar-refractivity contribution < 1.29 is 4.79 Å². The molecule has 2 heteroatoms. The Bertz CT molecular complexity index is 591. The van der Waals surface area contributed by atoms with Crippen LogP contribution in [0.5, 0.6) is 0 Å². The summed E-state index contributed by atoms with van der Waals surface area (Å²) in [4.78, 5) is 14.4. The van der Waals surface area contributed by atoms with Crippen molar-refractivity contribution in [1.82, 2.24) is 0 Å². The van der Waals surface area contributed by atoms with Crippen LogP contribution in [0, 0.1) is 0 Å². The van der Waals surface area contributed by atoms with Crippen molar-refractivity contribution in [3.8, 4) is 0 Å². The van der Waals surface area contributed by atoms with Crippen molar-refractivity contribution in [3.63, 3.8) is 0 Å². The lowest BCUT2D eigenvalue weighted by molar-refractivity contribution is -0.119. The Morgan fingerprint density at radius 2 is 1.68 bits per heavy atom. The maximum atomic E-state index is 12.6. The molecule has 0 spiro atoms. The third-order valence-corrected chi connectivity index (χ3v) is 3.89. The molecule has 0 radical (unpaired) electrons. The Balaban J connectivity index is 1.99. The maximum absolute atomic E-state index is 12.6. The third-order valence-electron chi connectivity index (χ3n) is 3.89. The summed E-state index contributed by atoms with van der Waals surface area (Å²) in [5.74, 6) is 0.162. The van der Waals surface area contributed by atoms with Crippen LogP contribution in [0.1, 0.15) is 23.5 Å². The Hall–Kier alpha value is -2.09. The molecule has 1 aliphatic rings. The van der Waals surface area contributed by atoms with Crippen molar-refractivity contribution in [1.29, 1.82) is 0 Å². The topological polar surface area (TPSA) is 20.3 Å². The maximum Gasteiger partial charge on any atom is 0.234 e. The number of hydrogen-bond donors (Lipinski definition) is 0. The quantitative estimate of drug-likeness (QED) is 0.761. The molecule has 2 aromatic rings. The van der Waals surface area contributed by atoms with E-state index in [0.29, 0.717) is 0 Å². The van der Waals surface area contributed by atoms with Crippen LogP contribution in [0.3, 0.4) is 0 Å². The summed E-state index contributed by atoms with van der Waals surface area (Å²) >= 11 is 0. The van der Waals surface area contributed by atoms with Crippen molar-refractivity contribution >= 4 is 11.6 Å². The van der Waals surface area contributed by atoms with Crippen LogP contribution in [0.25, 0.3) is 0 Å². The molecule has 0 N–H and O–H groups in total. The van der Waals surface area contributed by atoms with Gasteiger partial charge in [0.05, 0.1) is 5.92 Å². The lowest BCUT2D eigenvalue weighted by Crippen LogP contribution is -2.30. The first-order valence-corrected chi connectivity index (χ1v) is 6.68. The van der Waals surface area contributed by atoms with Crippen molar-refractivity contribution in [2.75, 3.05) is 11.9 Å². The number of nitrogens with zero attached hydrogens (tertiary/aromatic N) is 1. The van der Waals surface area contributed by atoms with E-state index in [2.05, 4.69) is 6.07 Å². The van der Waals surface area contributed by atoms with Crippen molar-refractivity contribution in [2.45, 2.75) is 18.8 Å². The first kappa shape index (κ1) is 12.0. The molecule has 1 heterocycles. The zero-order chi connectivity index (χ0) is 13.2. The highest BCUT2D eigenvalue weighted by Crippen LogP contribution is 2.32. The van der Waals surface area contributed by atoms with Gasteiger partial charge in [-0.05, 0) is 30.0 Å². The second-order valence-electron chi connectivity index (χ2n) is 5.03. The summed E-state index contributed by atoms with van der Waals surface area (Å²) in [6.07, 6.45) is 1.83. The van der Waals surface area contributed by atoms with E-state index >= 15 is 0 Å². The molecule has 0 aliphatic carbocycles. The monoisotopic (exact) mass is 251 g/mol. The minimum atomic E-state index is -0.0291. The van der Waals surface area contributed by atoms with Crippen LogP contribution in [-0.4, -0.2) is 13.0 Å². The lowest BCUT2D eigenvalue weighted by atomic mass is 9.93. The fraction of sp³-hybridized carbons (Fsp3) is 0.235.